The Morgan fingerprint density at radius 3 is 2.53 bits per heavy atom. The molecule has 174 valence electrons. The van der Waals surface area contributed by atoms with E-state index in [1.54, 1.807) is 6.07 Å². The number of nitrogens with one attached hydrogen (secondary N) is 1. The lowest BCUT2D eigenvalue weighted by molar-refractivity contribution is -0.104. The lowest BCUT2D eigenvalue weighted by Crippen LogP contribution is -2.42. The number of ether oxygens (including phenoxy) is 2. The minimum absolute atomic E-state index is 0.0153. The molecule has 0 radical (unpaired) electrons. The molecule has 1 aromatic carbocycles. The number of allylic oxidation sites excluding steroid dienone is 4. The standard InChI is InChI=1S/C25H34FN3O3/c1-6-18(3)22(9-8-20(7-2)29-13-11-27-12-14-29)28-23(10-15-30)19-16-21(26)25(32-5)24(17-19)31-4/h7-10,15-18,27H,6,11-14H2,1-5H3/b9-8-,20-7+,23-10-,28-22+. The van der Waals surface area contributed by atoms with Crippen LogP contribution in [0.2, 0.25) is 0 Å². The van der Waals surface area contributed by atoms with Gasteiger partial charge >= 0.3 is 0 Å². The molecule has 6 nitrogen and oxygen atoms in total. The highest BCUT2D eigenvalue weighted by molar-refractivity contribution is 6.01. The molecule has 1 aromatic rings. The molecule has 0 spiro atoms. The maximum absolute atomic E-state index is 14.6. The Morgan fingerprint density at radius 1 is 1.25 bits per heavy atom. The second-order valence-corrected chi connectivity index (χ2v) is 7.51. The number of hydrogen-bond acceptors (Lipinski definition) is 6. The highest BCUT2D eigenvalue weighted by Gasteiger charge is 2.16. The van der Waals surface area contributed by atoms with Crippen LogP contribution in [0.5, 0.6) is 11.5 Å². The normalized spacial score (nSPS) is 16.9. The van der Waals surface area contributed by atoms with Crippen LogP contribution in [0.15, 0.2) is 47.1 Å². The van der Waals surface area contributed by atoms with Crippen molar-refractivity contribution in [3.05, 3.63) is 53.5 Å². The molecule has 1 fully saturated rings. The largest absolute Gasteiger partial charge is 0.493 e. The van der Waals surface area contributed by atoms with Gasteiger partial charge in [-0.2, -0.15) is 0 Å². The van der Waals surface area contributed by atoms with Crippen molar-refractivity contribution in [2.75, 3.05) is 40.4 Å². The molecule has 0 aliphatic carbocycles. The number of hydrogen-bond donors (Lipinski definition) is 1. The Labute approximate surface area is 190 Å². The van der Waals surface area contributed by atoms with Crippen molar-refractivity contribution in [3.8, 4) is 11.5 Å². The highest BCUT2D eigenvalue weighted by atomic mass is 19.1. The van der Waals surface area contributed by atoms with Gasteiger partial charge in [0.2, 0.25) is 0 Å². The summed E-state index contributed by atoms with van der Waals surface area (Å²) in [6.45, 7) is 9.98. The fourth-order valence-electron chi connectivity index (χ4n) is 3.47. The number of carbonyl (C=O) groups is 1. The van der Waals surface area contributed by atoms with Gasteiger partial charge in [0, 0.05) is 49.2 Å². The summed E-state index contributed by atoms with van der Waals surface area (Å²) in [6.07, 6.45) is 9.00. The SMILES string of the molecule is C\C=C(/C=C\C(=N/C(=C\C=O)c1cc(F)c(OC)c(OC)c1)C(C)CC)N1CCNCC1. The van der Waals surface area contributed by atoms with Crippen LogP contribution in [-0.2, 0) is 4.79 Å². The number of methoxy groups -OCH3 is 2. The summed E-state index contributed by atoms with van der Waals surface area (Å²) in [4.78, 5) is 18.5. The quantitative estimate of drug-likeness (QED) is 0.254. The Bertz CT molecular complexity index is 900. The molecule has 1 atom stereocenters. The first-order valence-electron chi connectivity index (χ1n) is 10.9. The first kappa shape index (κ1) is 25.3. The molecule has 1 N–H and O–H groups in total. The van der Waals surface area contributed by atoms with Crippen LogP contribution in [0, 0.1) is 11.7 Å². The van der Waals surface area contributed by atoms with Crippen LogP contribution in [0.25, 0.3) is 5.70 Å². The summed E-state index contributed by atoms with van der Waals surface area (Å²) in [7, 11) is 2.82. The van der Waals surface area contributed by atoms with E-state index in [9.17, 15) is 9.18 Å². The van der Waals surface area contributed by atoms with Crippen LogP contribution in [0.3, 0.4) is 0 Å². The maximum atomic E-state index is 14.6. The number of aldehydes is 1. The Morgan fingerprint density at radius 2 is 1.97 bits per heavy atom. The molecule has 1 aliphatic rings. The molecule has 0 amide bonds. The van der Waals surface area contributed by atoms with Crippen LogP contribution < -0.4 is 14.8 Å². The minimum Gasteiger partial charge on any atom is -0.493 e. The van der Waals surface area contributed by atoms with Crippen molar-refractivity contribution in [1.29, 1.82) is 0 Å². The average Bonchev–Trinajstić information content (AvgIpc) is 2.82. The highest BCUT2D eigenvalue weighted by Crippen LogP contribution is 2.34. The molecule has 1 aliphatic heterocycles. The number of benzene rings is 1. The summed E-state index contributed by atoms with van der Waals surface area (Å²) in [6, 6.07) is 2.92. The maximum Gasteiger partial charge on any atom is 0.196 e. The monoisotopic (exact) mass is 443 g/mol. The summed E-state index contributed by atoms with van der Waals surface area (Å²) in [5, 5.41) is 3.36. The van der Waals surface area contributed by atoms with Crippen molar-refractivity contribution in [1.82, 2.24) is 10.2 Å². The van der Waals surface area contributed by atoms with Crippen molar-refractivity contribution in [2.24, 2.45) is 10.9 Å². The fraction of sp³-hybridized carbons (Fsp3) is 0.440. The van der Waals surface area contributed by atoms with Crippen LogP contribution in [0.4, 0.5) is 4.39 Å². The zero-order valence-electron chi connectivity index (χ0n) is 19.7. The Hall–Kier alpha value is -2.93. The molecule has 0 aromatic heterocycles. The molecule has 32 heavy (non-hydrogen) atoms. The molecular formula is C25H34FN3O3. The predicted octanol–water partition coefficient (Wildman–Crippen LogP) is 4.24. The van der Waals surface area contributed by atoms with E-state index in [4.69, 9.17) is 14.5 Å². The fourth-order valence-corrected chi connectivity index (χ4v) is 3.47. The Balaban J connectivity index is 2.46. The van der Waals surface area contributed by atoms with Crippen LogP contribution in [0.1, 0.15) is 32.8 Å². The number of aliphatic imine (C=N–C) groups is 1. The number of nitrogens with zero attached hydrogens (tertiary/aromatic N) is 2. The van der Waals surface area contributed by atoms with Gasteiger partial charge in [-0.1, -0.05) is 19.9 Å². The zero-order chi connectivity index (χ0) is 23.5. The van der Waals surface area contributed by atoms with E-state index in [-0.39, 0.29) is 17.4 Å². The average molecular weight is 444 g/mol. The first-order valence-corrected chi connectivity index (χ1v) is 10.9. The molecular weight excluding hydrogens is 409 g/mol. The van der Waals surface area contributed by atoms with Crippen molar-refractivity contribution in [2.45, 2.75) is 27.2 Å². The van der Waals surface area contributed by atoms with Gasteiger partial charge in [0.05, 0.1) is 19.9 Å². The van der Waals surface area contributed by atoms with E-state index < -0.39 is 5.82 Å². The number of rotatable bonds is 10. The van der Waals surface area contributed by atoms with Gasteiger partial charge in [0.15, 0.2) is 17.3 Å². The van der Waals surface area contributed by atoms with Crippen molar-refractivity contribution < 1.29 is 18.7 Å². The molecule has 2 rings (SSSR count). The topological polar surface area (TPSA) is 63.2 Å². The number of carbonyl (C=O) groups excluding carboxylic acids is 1. The molecule has 1 saturated heterocycles. The van der Waals surface area contributed by atoms with Gasteiger partial charge in [0.1, 0.15) is 6.29 Å². The molecule has 0 bridgehead atoms. The first-order chi connectivity index (χ1) is 15.5. The van der Waals surface area contributed by atoms with Gasteiger partial charge in [0.25, 0.3) is 0 Å². The van der Waals surface area contributed by atoms with Gasteiger partial charge in [-0.25, -0.2) is 4.39 Å². The summed E-state index contributed by atoms with van der Waals surface area (Å²) in [5.74, 6) is -0.177. The van der Waals surface area contributed by atoms with Crippen molar-refractivity contribution in [3.63, 3.8) is 0 Å². The smallest absolute Gasteiger partial charge is 0.196 e. The minimum atomic E-state index is -0.579. The summed E-state index contributed by atoms with van der Waals surface area (Å²) >= 11 is 0. The molecule has 1 unspecified atom stereocenters. The van der Waals surface area contributed by atoms with Gasteiger partial charge in [-0.05, 0) is 43.5 Å². The second kappa shape index (κ2) is 12.8. The van der Waals surface area contributed by atoms with E-state index in [0.29, 0.717) is 17.5 Å². The molecule has 0 saturated carbocycles. The van der Waals surface area contributed by atoms with E-state index in [1.807, 2.05) is 13.0 Å². The van der Waals surface area contributed by atoms with E-state index in [0.717, 1.165) is 44.0 Å². The molecule has 1 heterocycles. The predicted molar refractivity (Wildman–Crippen MR) is 128 cm³/mol. The van der Waals surface area contributed by atoms with E-state index >= 15 is 0 Å². The van der Waals surface area contributed by atoms with Gasteiger partial charge < -0.3 is 19.7 Å². The lowest BCUT2D eigenvalue weighted by atomic mass is 10.0. The third-order valence-corrected chi connectivity index (χ3v) is 5.52. The second-order valence-electron chi connectivity index (χ2n) is 7.51. The number of piperazine rings is 1. The van der Waals surface area contributed by atoms with Crippen LogP contribution in [-0.4, -0.2) is 57.3 Å². The third-order valence-electron chi connectivity index (χ3n) is 5.52. The third kappa shape index (κ3) is 6.53. The lowest BCUT2D eigenvalue weighted by Gasteiger charge is -2.30. The van der Waals surface area contributed by atoms with Gasteiger partial charge in [-0.3, -0.25) is 9.79 Å². The van der Waals surface area contributed by atoms with Gasteiger partial charge in [-0.15, -0.1) is 0 Å². The summed E-state index contributed by atoms with van der Waals surface area (Å²) < 4.78 is 24.9. The number of halogens is 1. The van der Waals surface area contributed by atoms with E-state index in [1.165, 1.54) is 26.4 Å². The summed E-state index contributed by atoms with van der Waals surface area (Å²) in [5.41, 5.74) is 2.74. The van der Waals surface area contributed by atoms with Crippen molar-refractivity contribution >= 4 is 17.7 Å². The zero-order valence-corrected chi connectivity index (χ0v) is 19.7. The molecule has 7 heteroatoms. The van der Waals surface area contributed by atoms with E-state index in [2.05, 4.69) is 36.2 Å². The Kier molecular flexibility index (Phi) is 10.1. The van der Waals surface area contributed by atoms with Crippen LogP contribution >= 0.6 is 0 Å².